The molecule has 11 heteroatoms. The van der Waals surface area contributed by atoms with Crippen LogP contribution in [0.25, 0.3) is 16.7 Å². The van der Waals surface area contributed by atoms with E-state index < -0.39 is 24.1 Å². The molecule has 1 fully saturated rings. The van der Waals surface area contributed by atoms with Crippen molar-refractivity contribution in [3.05, 3.63) is 54.4 Å². The second-order valence-corrected chi connectivity index (χ2v) is 8.23. The molecule has 5 rings (SSSR count). The number of pyridine rings is 1. The number of alkyl halides is 3. The zero-order valence-electron chi connectivity index (χ0n) is 16.8. The zero-order chi connectivity index (χ0) is 22.6. The Kier molecular flexibility index (Phi) is 4.82. The maximum Gasteiger partial charge on any atom is 0.434 e. The Morgan fingerprint density at radius 3 is 2.72 bits per heavy atom. The number of hydrogen-bond donors (Lipinski definition) is 3. The van der Waals surface area contributed by atoms with E-state index in [1.165, 1.54) is 10.7 Å². The highest BCUT2D eigenvalue weighted by Crippen LogP contribution is 2.39. The van der Waals surface area contributed by atoms with Crippen LogP contribution in [0.15, 0.2) is 43.1 Å². The van der Waals surface area contributed by atoms with Crippen molar-refractivity contribution < 1.29 is 23.4 Å². The lowest BCUT2D eigenvalue weighted by Gasteiger charge is -2.19. The van der Waals surface area contributed by atoms with Crippen molar-refractivity contribution in [2.45, 2.75) is 43.7 Å². The summed E-state index contributed by atoms with van der Waals surface area (Å²) in [6.07, 6.45) is 0.872. The number of aromatic nitrogens is 5. The van der Waals surface area contributed by atoms with Gasteiger partial charge in [-0.05, 0) is 48.9 Å². The molecule has 0 saturated heterocycles. The Morgan fingerprint density at radius 1 is 1.12 bits per heavy atom. The van der Waals surface area contributed by atoms with Crippen LogP contribution in [0.3, 0.4) is 0 Å². The molecule has 0 bridgehead atoms. The van der Waals surface area contributed by atoms with E-state index in [9.17, 15) is 23.4 Å². The van der Waals surface area contributed by atoms with E-state index in [0.717, 1.165) is 11.8 Å². The van der Waals surface area contributed by atoms with Gasteiger partial charge in [-0.1, -0.05) is 0 Å². The molecule has 4 heterocycles. The number of aliphatic hydroxyl groups is 2. The van der Waals surface area contributed by atoms with E-state index >= 15 is 0 Å². The van der Waals surface area contributed by atoms with Crippen molar-refractivity contribution in [1.82, 2.24) is 23.9 Å². The van der Waals surface area contributed by atoms with Gasteiger partial charge in [0.25, 0.3) is 0 Å². The third kappa shape index (κ3) is 3.47. The number of anilines is 1. The van der Waals surface area contributed by atoms with Gasteiger partial charge in [0.2, 0.25) is 0 Å². The quantitative estimate of drug-likeness (QED) is 0.444. The summed E-state index contributed by atoms with van der Waals surface area (Å²) in [6, 6.07) is 4.77. The van der Waals surface area contributed by atoms with Crippen molar-refractivity contribution in [3.63, 3.8) is 0 Å². The maximum atomic E-state index is 12.9. The second-order valence-electron chi connectivity index (χ2n) is 8.23. The summed E-state index contributed by atoms with van der Waals surface area (Å²) in [5.74, 6) is 0.162. The van der Waals surface area contributed by atoms with Gasteiger partial charge in [-0.15, -0.1) is 0 Å². The Labute approximate surface area is 180 Å². The van der Waals surface area contributed by atoms with Gasteiger partial charge in [0, 0.05) is 18.6 Å². The van der Waals surface area contributed by atoms with Gasteiger partial charge in [0.05, 0.1) is 17.5 Å². The highest BCUT2D eigenvalue weighted by Gasteiger charge is 2.42. The van der Waals surface area contributed by atoms with Crippen LogP contribution in [0.4, 0.5) is 19.0 Å². The second kappa shape index (κ2) is 7.45. The van der Waals surface area contributed by atoms with Crippen molar-refractivity contribution in [3.8, 4) is 0 Å². The lowest BCUT2D eigenvalue weighted by atomic mass is 9.96. The Bertz CT molecular complexity index is 1280. The molecule has 0 aliphatic heterocycles. The number of hydrogen-bond acceptors (Lipinski definition) is 6. The van der Waals surface area contributed by atoms with Gasteiger partial charge in [0.15, 0.2) is 5.69 Å². The van der Waals surface area contributed by atoms with Crippen molar-refractivity contribution in [2.75, 3.05) is 5.73 Å². The molecule has 4 N–H and O–H groups in total. The minimum atomic E-state index is -4.50. The van der Waals surface area contributed by atoms with Crippen molar-refractivity contribution in [1.29, 1.82) is 0 Å². The van der Waals surface area contributed by atoms with Gasteiger partial charge in [-0.3, -0.25) is 0 Å². The molecule has 1 aliphatic rings. The van der Waals surface area contributed by atoms with Crippen LogP contribution in [0.2, 0.25) is 0 Å². The molecule has 0 unspecified atom stereocenters. The molecular weight excluding hydrogens is 425 g/mol. The van der Waals surface area contributed by atoms with E-state index in [0.29, 0.717) is 36.1 Å². The average Bonchev–Trinajstić information content (AvgIpc) is 3.43. The van der Waals surface area contributed by atoms with Gasteiger partial charge in [-0.2, -0.15) is 13.2 Å². The van der Waals surface area contributed by atoms with Gasteiger partial charge < -0.3 is 24.9 Å². The number of aryl methyl sites for hydroxylation is 1. The minimum absolute atomic E-state index is 0.187. The first kappa shape index (κ1) is 20.7. The number of nitrogens with two attached hydrogens (primary N) is 1. The molecule has 1 saturated carbocycles. The molecule has 0 radical (unpaired) electrons. The fourth-order valence-corrected chi connectivity index (χ4v) is 4.59. The predicted octanol–water partition coefficient (Wildman–Crippen LogP) is 2.60. The topological polar surface area (TPSA) is 114 Å². The third-order valence-corrected chi connectivity index (χ3v) is 6.29. The molecule has 1 aliphatic carbocycles. The number of aliphatic hydroxyl groups excluding tert-OH is 2. The first-order chi connectivity index (χ1) is 15.2. The first-order valence-corrected chi connectivity index (χ1v) is 10.2. The van der Waals surface area contributed by atoms with Crippen LogP contribution in [0.5, 0.6) is 0 Å². The molecule has 32 heavy (non-hydrogen) atoms. The molecule has 4 aromatic rings. The van der Waals surface area contributed by atoms with Crippen LogP contribution >= 0.6 is 0 Å². The Balaban J connectivity index is 1.32. The highest BCUT2D eigenvalue weighted by atomic mass is 19.4. The van der Waals surface area contributed by atoms with E-state index in [4.69, 9.17) is 5.73 Å². The molecule has 4 aromatic heterocycles. The summed E-state index contributed by atoms with van der Waals surface area (Å²) in [7, 11) is 0. The fraction of sp³-hybridized carbons (Fsp3) is 0.381. The van der Waals surface area contributed by atoms with Crippen molar-refractivity contribution >= 4 is 22.5 Å². The number of fused-ring (bicyclic) bond motifs is 2. The zero-order valence-corrected chi connectivity index (χ0v) is 16.8. The van der Waals surface area contributed by atoms with E-state index in [1.807, 2.05) is 4.57 Å². The predicted molar refractivity (Wildman–Crippen MR) is 110 cm³/mol. The van der Waals surface area contributed by atoms with Gasteiger partial charge in [0.1, 0.15) is 29.5 Å². The number of imidazole rings is 1. The monoisotopic (exact) mass is 446 g/mol. The molecule has 0 aromatic carbocycles. The lowest BCUT2D eigenvalue weighted by molar-refractivity contribution is -0.140. The third-order valence-electron chi connectivity index (χ3n) is 6.29. The standard InChI is InChI=1S/C21H21F3N6O2/c22-21(23,24)15-9-29-5-3-11(7-16(29)28-15)1-2-12-8-14(18(32)17(12)31)30-6-4-13-19(25)26-10-27-20(13)30/h3-7,9-10,12,14,17-18,31-32H,1-2,8H2,(H2,25,26,27)/t12-,14+,17+,18-/m0/s1. The SMILES string of the molecule is Nc1ncnc2c1ccn2[C@@H]1C[C@H](CCc2ccn3cc(C(F)(F)F)nc3c2)[C@@H](O)[C@H]1O. The van der Waals surface area contributed by atoms with Crippen LogP contribution in [0, 0.1) is 5.92 Å². The fourth-order valence-electron chi connectivity index (χ4n) is 4.59. The molecule has 168 valence electrons. The summed E-state index contributed by atoms with van der Waals surface area (Å²) >= 11 is 0. The molecule has 4 atom stereocenters. The van der Waals surface area contributed by atoms with Crippen molar-refractivity contribution in [2.24, 2.45) is 5.92 Å². The van der Waals surface area contributed by atoms with E-state index in [2.05, 4.69) is 15.0 Å². The van der Waals surface area contributed by atoms with E-state index in [1.54, 1.807) is 30.6 Å². The number of nitrogens with zero attached hydrogens (tertiary/aromatic N) is 5. The number of rotatable bonds is 4. The number of halogens is 3. The molecule has 0 spiro atoms. The summed E-state index contributed by atoms with van der Waals surface area (Å²) in [4.78, 5) is 11.9. The maximum absolute atomic E-state index is 12.9. The van der Waals surface area contributed by atoms with Crippen LogP contribution in [0.1, 0.15) is 30.1 Å². The smallest absolute Gasteiger partial charge is 0.390 e. The van der Waals surface area contributed by atoms with Crippen LogP contribution in [-0.2, 0) is 12.6 Å². The van der Waals surface area contributed by atoms with Crippen LogP contribution in [-0.4, -0.2) is 46.3 Å². The molecular formula is C21H21F3N6O2. The average molecular weight is 446 g/mol. The Hall–Kier alpha value is -3.18. The minimum Gasteiger partial charge on any atom is -0.390 e. The van der Waals surface area contributed by atoms with Gasteiger partial charge in [-0.25, -0.2) is 15.0 Å². The first-order valence-electron chi connectivity index (χ1n) is 10.2. The largest absolute Gasteiger partial charge is 0.434 e. The number of nitrogen functional groups attached to an aromatic ring is 1. The summed E-state index contributed by atoms with van der Waals surface area (Å²) in [5.41, 5.74) is 6.58. The summed E-state index contributed by atoms with van der Waals surface area (Å²) < 4.78 is 41.8. The van der Waals surface area contributed by atoms with E-state index in [-0.39, 0.29) is 17.6 Å². The lowest BCUT2D eigenvalue weighted by Crippen LogP contribution is -2.29. The Morgan fingerprint density at radius 2 is 1.94 bits per heavy atom. The van der Waals surface area contributed by atoms with Crippen LogP contribution < -0.4 is 5.73 Å². The van der Waals surface area contributed by atoms with Gasteiger partial charge >= 0.3 is 6.18 Å². The highest BCUT2D eigenvalue weighted by molar-refractivity contribution is 5.86. The normalized spacial score (nSPS) is 24.0. The summed E-state index contributed by atoms with van der Waals surface area (Å²) in [6.45, 7) is 0. The summed E-state index contributed by atoms with van der Waals surface area (Å²) in [5, 5.41) is 22.0. The molecule has 0 amide bonds. The molecule has 8 nitrogen and oxygen atoms in total.